The molecule has 2 aliphatic rings. The molecule has 0 aromatic carbocycles. The molecule has 1 heterocycles. The Bertz CT molecular complexity index is 923. The predicted octanol–water partition coefficient (Wildman–Crippen LogP) is 1.03. The Balaban J connectivity index is 1.66. The largest absolute Gasteiger partial charge is 0.356 e. The van der Waals surface area contributed by atoms with E-state index in [0.29, 0.717) is 45.3 Å². The van der Waals surface area contributed by atoms with Gasteiger partial charge in [-0.3, -0.25) is 33.7 Å². The molecule has 0 radical (unpaired) electrons. The first kappa shape index (κ1) is 32.0. The molecule has 1 saturated carbocycles. The van der Waals surface area contributed by atoms with E-state index in [4.69, 9.17) is 0 Å². The maximum Gasteiger partial charge on any atom is 0.253 e. The third-order valence-electron chi connectivity index (χ3n) is 7.57. The summed E-state index contributed by atoms with van der Waals surface area (Å²) in [4.78, 5) is 74.7. The summed E-state index contributed by atoms with van der Waals surface area (Å²) in [6.07, 6.45) is 6.79. The van der Waals surface area contributed by atoms with Crippen molar-refractivity contribution in [2.24, 2.45) is 23.7 Å². The van der Waals surface area contributed by atoms with Gasteiger partial charge < -0.3 is 21.3 Å². The highest BCUT2D eigenvalue weighted by Crippen LogP contribution is 2.30. The Morgan fingerprint density at radius 1 is 0.846 bits per heavy atom. The Hall–Kier alpha value is -3.24. The van der Waals surface area contributed by atoms with Crippen molar-refractivity contribution in [3.8, 4) is 0 Å². The van der Waals surface area contributed by atoms with E-state index in [9.17, 15) is 28.8 Å². The van der Waals surface area contributed by atoms with Crippen LogP contribution in [0.25, 0.3) is 0 Å². The van der Waals surface area contributed by atoms with Crippen molar-refractivity contribution in [1.82, 2.24) is 26.2 Å². The number of carbonyl (C=O) groups excluding carboxylic acids is 6. The van der Waals surface area contributed by atoms with Crippen LogP contribution in [0.5, 0.6) is 0 Å². The molecule has 1 fully saturated rings. The lowest BCUT2D eigenvalue weighted by Crippen LogP contribution is -2.55. The van der Waals surface area contributed by atoms with E-state index in [0.717, 1.165) is 12.8 Å². The highest BCUT2D eigenvalue weighted by atomic mass is 16.2. The molecular formula is C28H45N5O6. The molecule has 0 aromatic heterocycles. The van der Waals surface area contributed by atoms with Gasteiger partial charge in [0, 0.05) is 43.6 Å². The molecule has 6 amide bonds. The molecule has 3 atom stereocenters. The molecule has 11 nitrogen and oxygen atoms in total. The van der Waals surface area contributed by atoms with Gasteiger partial charge in [0.2, 0.25) is 23.6 Å². The summed E-state index contributed by atoms with van der Waals surface area (Å²) in [6.45, 7) is 10.1. The maximum atomic E-state index is 12.7. The third kappa shape index (κ3) is 9.78. The van der Waals surface area contributed by atoms with Crippen LogP contribution in [0.1, 0.15) is 73.1 Å². The Morgan fingerprint density at radius 3 is 2.00 bits per heavy atom. The fraction of sp³-hybridized carbons (Fsp3) is 0.714. The summed E-state index contributed by atoms with van der Waals surface area (Å²) in [5, 5.41) is 11.2. The summed E-state index contributed by atoms with van der Waals surface area (Å²) in [7, 11) is 0. The number of hydrogen-bond donors (Lipinski definition) is 4. The van der Waals surface area contributed by atoms with E-state index in [-0.39, 0.29) is 53.2 Å². The van der Waals surface area contributed by atoms with Crippen LogP contribution in [0.3, 0.4) is 0 Å². The van der Waals surface area contributed by atoms with Gasteiger partial charge in [-0.25, -0.2) is 0 Å². The van der Waals surface area contributed by atoms with Crippen molar-refractivity contribution >= 4 is 35.4 Å². The van der Waals surface area contributed by atoms with Gasteiger partial charge in [0.25, 0.3) is 11.8 Å². The van der Waals surface area contributed by atoms with Crippen LogP contribution in [-0.2, 0) is 28.8 Å². The summed E-state index contributed by atoms with van der Waals surface area (Å²) in [5.41, 5.74) is 0. The second kappa shape index (κ2) is 15.4. The normalized spacial score (nSPS) is 21.3. The van der Waals surface area contributed by atoms with Crippen LogP contribution in [-0.4, -0.2) is 72.1 Å². The molecule has 4 N–H and O–H groups in total. The van der Waals surface area contributed by atoms with Gasteiger partial charge in [-0.1, -0.05) is 27.7 Å². The van der Waals surface area contributed by atoms with Crippen LogP contribution in [0, 0.1) is 23.7 Å². The first-order valence-electron chi connectivity index (χ1n) is 14.1. The summed E-state index contributed by atoms with van der Waals surface area (Å²) >= 11 is 0. The molecule has 218 valence electrons. The second-order valence-electron chi connectivity index (χ2n) is 11.0. The van der Waals surface area contributed by atoms with Crippen LogP contribution in [0.2, 0.25) is 0 Å². The zero-order valence-electron chi connectivity index (χ0n) is 23.9. The van der Waals surface area contributed by atoms with Crippen molar-refractivity contribution in [2.75, 3.05) is 19.6 Å². The minimum Gasteiger partial charge on any atom is -0.356 e. The second-order valence-corrected chi connectivity index (χ2v) is 11.0. The number of imide groups is 1. The van der Waals surface area contributed by atoms with Gasteiger partial charge in [0.1, 0.15) is 12.1 Å². The van der Waals surface area contributed by atoms with Crippen LogP contribution in [0.4, 0.5) is 0 Å². The van der Waals surface area contributed by atoms with E-state index in [1.807, 2.05) is 20.8 Å². The molecule has 0 aromatic rings. The van der Waals surface area contributed by atoms with Crippen LogP contribution in [0.15, 0.2) is 12.2 Å². The van der Waals surface area contributed by atoms with Crippen molar-refractivity contribution in [1.29, 1.82) is 0 Å². The first-order valence-corrected chi connectivity index (χ1v) is 14.1. The molecule has 2 rings (SSSR count). The number of hydrogen-bond acceptors (Lipinski definition) is 6. The summed E-state index contributed by atoms with van der Waals surface area (Å²) in [6, 6.07) is -1.50. The van der Waals surface area contributed by atoms with Gasteiger partial charge in [-0.15, -0.1) is 0 Å². The predicted molar refractivity (Wildman–Crippen MR) is 146 cm³/mol. The average molecular weight is 548 g/mol. The topological polar surface area (TPSA) is 154 Å². The number of amides is 6. The summed E-state index contributed by atoms with van der Waals surface area (Å²) < 4.78 is 0. The fourth-order valence-corrected chi connectivity index (χ4v) is 4.66. The standard InChI is InChI=1S/C28H45N5O6/c1-6-18(4)25(36)31-19(5)26(37)32-24(17(2)3)28(39)30-15-7-14-29-27(38)21-10-8-20(9-11-21)16-33-22(34)12-13-23(33)35/h12-13,17-21,24H,6-11,14-16H2,1-5H3,(H,29,38)(H,30,39)(H,31,36)(H,32,37)/t18?,19-,20?,21?,24-/m1/s1. The number of nitrogens with zero attached hydrogens (tertiary/aromatic N) is 1. The lowest BCUT2D eigenvalue weighted by Gasteiger charge is -2.30. The SMILES string of the molecule is CCC(C)C(=O)N[C@H](C)C(=O)N[C@@H](C(=O)NCCCNC(=O)C1CCC(CN2C(=O)C=CC2=O)CC1)C(C)C. The lowest BCUT2D eigenvalue weighted by atomic mass is 9.81. The van der Waals surface area contributed by atoms with Gasteiger partial charge in [-0.05, 0) is 57.3 Å². The molecule has 0 spiro atoms. The molecule has 1 aliphatic heterocycles. The molecule has 39 heavy (non-hydrogen) atoms. The van der Waals surface area contributed by atoms with Gasteiger partial charge in [-0.2, -0.15) is 0 Å². The van der Waals surface area contributed by atoms with Crippen molar-refractivity contribution in [3.63, 3.8) is 0 Å². The minimum atomic E-state index is -0.756. The van der Waals surface area contributed by atoms with Crippen molar-refractivity contribution in [2.45, 2.75) is 85.2 Å². The first-order chi connectivity index (χ1) is 18.4. The van der Waals surface area contributed by atoms with Crippen molar-refractivity contribution < 1.29 is 28.8 Å². The smallest absolute Gasteiger partial charge is 0.253 e. The molecule has 1 unspecified atom stereocenters. The minimum absolute atomic E-state index is 0.0180. The highest BCUT2D eigenvalue weighted by Gasteiger charge is 2.31. The van der Waals surface area contributed by atoms with Gasteiger partial charge in [0.15, 0.2) is 0 Å². The lowest BCUT2D eigenvalue weighted by molar-refractivity contribution is -0.138. The Kier molecular flexibility index (Phi) is 12.6. The van der Waals surface area contributed by atoms with Crippen molar-refractivity contribution in [3.05, 3.63) is 12.2 Å². The maximum absolute atomic E-state index is 12.7. The van der Waals surface area contributed by atoms with Gasteiger partial charge in [0.05, 0.1) is 0 Å². The Morgan fingerprint density at radius 2 is 1.44 bits per heavy atom. The van der Waals surface area contributed by atoms with E-state index in [1.54, 1.807) is 13.8 Å². The number of nitrogens with one attached hydrogen (secondary N) is 4. The van der Waals surface area contributed by atoms with Gasteiger partial charge >= 0.3 is 0 Å². The summed E-state index contributed by atoms with van der Waals surface area (Å²) in [5.74, 6) is -1.72. The third-order valence-corrected chi connectivity index (χ3v) is 7.57. The molecule has 11 heteroatoms. The number of rotatable bonds is 14. The zero-order valence-corrected chi connectivity index (χ0v) is 23.9. The van der Waals surface area contributed by atoms with E-state index < -0.39 is 18.0 Å². The zero-order chi connectivity index (χ0) is 29.1. The highest BCUT2D eigenvalue weighted by molar-refractivity contribution is 6.12. The quantitative estimate of drug-likeness (QED) is 0.188. The molecular weight excluding hydrogens is 502 g/mol. The van der Waals surface area contributed by atoms with E-state index in [2.05, 4.69) is 21.3 Å². The van der Waals surface area contributed by atoms with Crippen LogP contribution < -0.4 is 21.3 Å². The Labute approximate surface area is 231 Å². The monoisotopic (exact) mass is 547 g/mol. The van der Waals surface area contributed by atoms with Crippen LogP contribution >= 0.6 is 0 Å². The molecule has 1 aliphatic carbocycles. The fourth-order valence-electron chi connectivity index (χ4n) is 4.66. The average Bonchev–Trinajstić information content (AvgIpc) is 3.22. The van der Waals surface area contributed by atoms with E-state index in [1.165, 1.54) is 17.1 Å². The molecule has 0 bridgehead atoms. The molecule has 0 saturated heterocycles. The van der Waals surface area contributed by atoms with E-state index >= 15 is 0 Å². The number of carbonyl (C=O) groups is 6.